The van der Waals surface area contributed by atoms with Gasteiger partial charge in [-0.25, -0.2) is 23.7 Å². The smallest absolute Gasteiger partial charge is 0.166 e. The number of benzene rings is 1. The molecule has 8 heteroatoms. The van der Waals surface area contributed by atoms with E-state index in [0.29, 0.717) is 46.1 Å². The molecule has 6 nitrogen and oxygen atoms in total. The molecule has 4 aromatic rings. The molecule has 3 aromatic heterocycles. The van der Waals surface area contributed by atoms with Crippen molar-refractivity contribution >= 4 is 27.9 Å². The van der Waals surface area contributed by atoms with Crippen LogP contribution in [-0.4, -0.2) is 30.5 Å². The average Bonchev–Trinajstić information content (AvgIpc) is 3.35. The van der Waals surface area contributed by atoms with Crippen LogP contribution in [0, 0.1) is 29.4 Å². The number of anilines is 1. The van der Waals surface area contributed by atoms with Crippen molar-refractivity contribution < 1.29 is 8.78 Å². The van der Waals surface area contributed by atoms with Gasteiger partial charge in [0.05, 0.1) is 11.8 Å². The second kappa shape index (κ2) is 6.73. The lowest BCUT2D eigenvalue weighted by Crippen LogP contribution is -2.47. The Morgan fingerprint density at radius 2 is 1.87 bits per heavy atom. The van der Waals surface area contributed by atoms with Gasteiger partial charge < -0.3 is 14.9 Å². The highest BCUT2D eigenvalue weighted by molar-refractivity contribution is 5.96. The van der Waals surface area contributed by atoms with Crippen molar-refractivity contribution in [2.24, 2.45) is 24.8 Å². The van der Waals surface area contributed by atoms with Crippen molar-refractivity contribution in [2.75, 3.05) is 5.32 Å². The van der Waals surface area contributed by atoms with Crippen LogP contribution >= 0.6 is 0 Å². The summed E-state index contributed by atoms with van der Waals surface area (Å²) in [5, 5.41) is 4.13. The zero-order valence-electron chi connectivity index (χ0n) is 17.5. The summed E-state index contributed by atoms with van der Waals surface area (Å²) >= 11 is 0. The highest BCUT2D eigenvalue weighted by Gasteiger charge is 2.41. The number of aryl methyl sites for hydroxylation is 1. The first-order valence-electron chi connectivity index (χ1n) is 10.9. The van der Waals surface area contributed by atoms with Gasteiger partial charge in [-0.05, 0) is 49.5 Å². The number of aromatic nitrogens is 5. The number of hydrogen-bond donors (Lipinski definition) is 2. The van der Waals surface area contributed by atoms with Crippen molar-refractivity contribution in [3.63, 3.8) is 0 Å². The number of aromatic amines is 1. The zero-order valence-corrected chi connectivity index (χ0v) is 17.5. The van der Waals surface area contributed by atoms with Gasteiger partial charge in [-0.1, -0.05) is 6.92 Å². The molecule has 0 unspecified atom stereocenters. The molecule has 0 amide bonds. The molecule has 31 heavy (non-hydrogen) atoms. The third-order valence-corrected chi connectivity index (χ3v) is 7.44. The van der Waals surface area contributed by atoms with Gasteiger partial charge in [-0.3, -0.25) is 0 Å². The topological polar surface area (TPSA) is 71.4 Å². The molecule has 0 saturated heterocycles. The number of nitrogens with one attached hydrogen (secondary N) is 2. The van der Waals surface area contributed by atoms with E-state index < -0.39 is 11.6 Å². The summed E-state index contributed by atoms with van der Waals surface area (Å²) in [5.74, 6) is 1.81. The van der Waals surface area contributed by atoms with E-state index in [2.05, 4.69) is 22.2 Å². The third-order valence-electron chi connectivity index (χ3n) is 7.44. The predicted octanol–water partition coefficient (Wildman–Crippen LogP) is 5.03. The standard InChI is InChI=1S/C23H24F2N6/c1-11-12-3-5-13(6-4-12)18(11)28-22-20-23(31(2)10-27-20)30-21(29-22)16-9-26-19-15(16)7-14(24)8-17(19)25/h7-13,18,26H,3-6H2,1-2H3,(H,28,29,30)/t11-,12?,13?,18+/m0/s1. The number of hydrogen-bond acceptors (Lipinski definition) is 4. The lowest BCUT2D eigenvalue weighted by atomic mass is 9.62. The van der Waals surface area contributed by atoms with Gasteiger partial charge in [-0.15, -0.1) is 0 Å². The van der Waals surface area contributed by atoms with E-state index in [4.69, 9.17) is 9.97 Å². The monoisotopic (exact) mass is 422 g/mol. The number of nitrogens with zero attached hydrogens (tertiary/aromatic N) is 4. The third kappa shape index (κ3) is 2.84. The quantitative estimate of drug-likeness (QED) is 0.486. The fraction of sp³-hybridized carbons (Fsp3) is 0.435. The number of halogens is 2. The van der Waals surface area contributed by atoms with Gasteiger partial charge in [0, 0.05) is 36.3 Å². The molecule has 0 spiro atoms. The summed E-state index contributed by atoms with van der Waals surface area (Å²) in [6.07, 6.45) is 8.47. The Hall–Kier alpha value is -3.03. The Morgan fingerprint density at radius 3 is 2.65 bits per heavy atom. The fourth-order valence-electron chi connectivity index (χ4n) is 5.73. The molecule has 3 fully saturated rings. The lowest BCUT2D eigenvalue weighted by Gasteiger charge is -2.47. The first kappa shape index (κ1) is 18.7. The highest BCUT2D eigenvalue weighted by atomic mass is 19.1. The van der Waals surface area contributed by atoms with E-state index in [1.54, 1.807) is 12.5 Å². The Kier molecular flexibility index (Phi) is 4.07. The minimum Gasteiger partial charge on any atom is -0.365 e. The second-order valence-corrected chi connectivity index (χ2v) is 9.14. The molecule has 7 rings (SSSR count). The first-order valence-corrected chi connectivity index (χ1v) is 10.9. The van der Waals surface area contributed by atoms with E-state index in [1.165, 1.54) is 31.7 Å². The van der Waals surface area contributed by atoms with Crippen LogP contribution in [0.5, 0.6) is 0 Å². The van der Waals surface area contributed by atoms with Gasteiger partial charge in [0.15, 0.2) is 17.3 Å². The largest absolute Gasteiger partial charge is 0.365 e. The average molecular weight is 422 g/mol. The molecule has 160 valence electrons. The van der Waals surface area contributed by atoms with E-state index in [-0.39, 0.29) is 5.52 Å². The molecule has 0 aliphatic heterocycles. The minimum absolute atomic E-state index is 0.248. The van der Waals surface area contributed by atoms with Crippen molar-refractivity contribution in [2.45, 2.75) is 38.6 Å². The van der Waals surface area contributed by atoms with Crippen molar-refractivity contribution in [1.82, 2.24) is 24.5 Å². The molecular weight excluding hydrogens is 398 g/mol. The molecule has 1 aromatic carbocycles. The summed E-state index contributed by atoms with van der Waals surface area (Å²) in [6, 6.07) is 2.54. The maximum Gasteiger partial charge on any atom is 0.166 e. The van der Waals surface area contributed by atoms with Crippen LogP contribution in [0.2, 0.25) is 0 Å². The van der Waals surface area contributed by atoms with Gasteiger partial charge >= 0.3 is 0 Å². The van der Waals surface area contributed by atoms with Gasteiger partial charge in [0.2, 0.25) is 0 Å². The summed E-state index contributed by atoms with van der Waals surface area (Å²) < 4.78 is 30.0. The molecule has 3 aliphatic carbocycles. The van der Waals surface area contributed by atoms with Crippen LogP contribution < -0.4 is 5.32 Å². The molecule has 2 N–H and O–H groups in total. The normalized spacial score (nSPS) is 25.5. The van der Waals surface area contributed by atoms with Crippen LogP contribution in [-0.2, 0) is 7.05 Å². The lowest BCUT2D eigenvalue weighted by molar-refractivity contribution is 0.0928. The van der Waals surface area contributed by atoms with E-state index in [9.17, 15) is 8.78 Å². The zero-order chi connectivity index (χ0) is 21.3. The number of H-pyrrole nitrogens is 1. The minimum atomic E-state index is -0.631. The number of imidazole rings is 1. The molecule has 2 atom stereocenters. The van der Waals surface area contributed by atoms with Crippen molar-refractivity contribution in [3.05, 3.63) is 36.3 Å². The van der Waals surface area contributed by atoms with Crippen molar-refractivity contribution in [1.29, 1.82) is 0 Å². The fourth-order valence-corrected chi connectivity index (χ4v) is 5.73. The van der Waals surface area contributed by atoms with Crippen molar-refractivity contribution in [3.8, 4) is 11.4 Å². The molecule has 0 radical (unpaired) electrons. The van der Waals surface area contributed by atoms with E-state index in [0.717, 1.165) is 17.5 Å². The SMILES string of the molecule is C[C@H]1C2CCC(CC2)[C@@H]1Nc1nc(-c2c[nH]c3c(F)cc(F)cc23)nc2c1ncn2C. The molecule has 3 aliphatic rings. The predicted molar refractivity (Wildman–Crippen MR) is 116 cm³/mol. The summed E-state index contributed by atoms with van der Waals surface area (Å²) in [5.41, 5.74) is 2.22. The van der Waals surface area contributed by atoms with Crippen LogP contribution in [0.4, 0.5) is 14.6 Å². The molecular formula is C23H24F2N6. The number of fused-ring (bicyclic) bond motifs is 5. The number of rotatable bonds is 3. The van der Waals surface area contributed by atoms with Gasteiger partial charge in [0.25, 0.3) is 0 Å². The van der Waals surface area contributed by atoms with E-state index >= 15 is 0 Å². The molecule has 3 saturated carbocycles. The summed E-state index contributed by atoms with van der Waals surface area (Å²) in [6.45, 7) is 2.33. The Labute approximate surface area is 178 Å². The van der Waals surface area contributed by atoms with Gasteiger partial charge in [-0.2, -0.15) is 0 Å². The summed E-state index contributed by atoms with van der Waals surface area (Å²) in [4.78, 5) is 16.9. The van der Waals surface area contributed by atoms with Crippen LogP contribution in [0.25, 0.3) is 33.5 Å². The molecule has 3 heterocycles. The highest BCUT2D eigenvalue weighted by Crippen LogP contribution is 2.46. The maximum atomic E-state index is 14.2. The second-order valence-electron chi connectivity index (χ2n) is 9.14. The Balaban J connectivity index is 1.49. The Morgan fingerprint density at radius 1 is 1.10 bits per heavy atom. The van der Waals surface area contributed by atoms with Crippen LogP contribution in [0.1, 0.15) is 32.6 Å². The summed E-state index contributed by atoms with van der Waals surface area (Å²) in [7, 11) is 1.88. The first-order chi connectivity index (χ1) is 15.0. The van der Waals surface area contributed by atoms with Crippen LogP contribution in [0.3, 0.4) is 0 Å². The Bertz CT molecular complexity index is 1300. The van der Waals surface area contributed by atoms with E-state index in [1.807, 2.05) is 11.6 Å². The van der Waals surface area contributed by atoms with Crippen LogP contribution in [0.15, 0.2) is 24.7 Å². The van der Waals surface area contributed by atoms with Gasteiger partial charge in [0.1, 0.15) is 17.2 Å². The maximum absolute atomic E-state index is 14.2. The molecule has 2 bridgehead atoms.